The Hall–Kier alpha value is -3.15. The van der Waals surface area contributed by atoms with Gasteiger partial charge in [-0.1, -0.05) is 12.1 Å². The zero-order valence-corrected chi connectivity index (χ0v) is 15.9. The van der Waals surface area contributed by atoms with Crippen molar-refractivity contribution in [2.24, 2.45) is 0 Å². The Bertz CT molecular complexity index is 966. The summed E-state index contributed by atoms with van der Waals surface area (Å²) in [6, 6.07) is 13.5. The monoisotopic (exact) mass is 380 g/mol. The van der Waals surface area contributed by atoms with Crippen molar-refractivity contribution < 1.29 is 19.0 Å². The number of nitrogens with one attached hydrogen (secondary N) is 2. The molecule has 1 aliphatic heterocycles. The van der Waals surface area contributed by atoms with Crippen LogP contribution >= 0.6 is 0 Å². The number of rotatable bonds is 7. The molecule has 0 bridgehead atoms. The molecule has 1 amide bonds. The molecule has 3 aromatic rings. The Morgan fingerprint density at radius 1 is 1.25 bits per heavy atom. The lowest BCUT2D eigenvalue weighted by atomic mass is 10.1. The first-order chi connectivity index (χ1) is 13.7. The maximum absolute atomic E-state index is 12.2. The zero-order valence-electron chi connectivity index (χ0n) is 15.9. The lowest BCUT2D eigenvalue weighted by molar-refractivity contribution is -0.121. The molecule has 1 unspecified atom stereocenters. The standard InChI is InChI=1S/C22H24N2O4/c1-26-16-9-10-19-18(11-16)15(12-23-19)5-4-8-22(25)24-13-17-14-27-20-6-2-3-7-21(20)28-17/h2-3,6-7,9-12,17,23H,4-5,8,13-14H2,1H3,(H,24,25). The lowest BCUT2D eigenvalue weighted by Crippen LogP contribution is -2.40. The molecule has 146 valence electrons. The Labute approximate surface area is 163 Å². The van der Waals surface area contributed by atoms with Crippen molar-refractivity contribution in [2.75, 3.05) is 20.3 Å². The van der Waals surface area contributed by atoms with E-state index in [9.17, 15) is 4.79 Å². The number of carbonyl (C=O) groups is 1. The van der Waals surface area contributed by atoms with Gasteiger partial charge in [-0.25, -0.2) is 0 Å². The quantitative estimate of drug-likeness (QED) is 0.658. The largest absolute Gasteiger partial charge is 0.497 e. The first kappa shape index (κ1) is 18.2. The summed E-state index contributed by atoms with van der Waals surface area (Å²) in [5.74, 6) is 2.34. The first-order valence-electron chi connectivity index (χ1n) is 9.52. The minimum Gasteiger partial charge on any atom is -0.497 e. The van der Waals surface area contributed by atoms with E-state index in [0.717, 1.165) is 41.0 Å². The van der Waals surface area contributed by atoms with Gasteiger partial charge in [-0.3, -0.25) is 4.79 Å². The van der Waals surface area contributed by atoms with E-state index in [4.69, 9.17) is 14.2 Å². The van der Waals surface area contributed by atoms with E-state index in [2.05, 4.69) is 10.3 Å². The second kappa shape index (κ2) is 8.25. The topological polar surface area (TPSA) is 72.6 Å². The van der Waals surface area contributed by atoms with Crippen LogP contribution in [-0.2, 0) is 11.2 Å². The molecule has 1 atom stereocenters. The van der Waals surface area contributed by atoms with Gasteiger partial charge in [-0.2, -0.15) is 0 Å². The Morgan fingerprint density at radius 2 is 2.11 bits per heavy atom. The Morgan fingerprint density at radius 3 is 2.96 bits per heavy atom. The molecule has 0 spiro atoms. The molecule has 6 nitrogen and oxygen atoms in total. The van der Waals surface area contributed by atoms with Crippen LogP contribution in [0.5, 0.6) is 17.2 Å². The minimum atomic E-state index is -0.167. The van der Waals surface area contributed by atoms with E-state index in [1.807, 2.05) is 48.7 Å². The first-order valence-corrected chi connectivity index (χ1v) is 9.52. The van der Waals surface area contributed by atoms with Crippen LogP contribution in [0.3, 0.4) is 0 Å². The van der Waals surface area contributed by atoms with Gasteiger partial charge >= 0.3 is 0 Å². The van der Waals surface area contributed by atoms with E-state index < -0.39 is 0 Å². The summed E-state index contributed by atoms with van der Waals surface area (Å²) in [6.07, 6.45) is 3.92. The van der Waals surface area contributed by atoms with Crippen molar-refractivity contribution in [1.29, 1.82) is 0 Å². The van der Waals surface area contributed by atoms with E-state index in [-0.39, 0.29) is 12.0 Å². The van der Waals surface area contributed by atoms with Crippen LogP contribution in [0, 0.1) is 0 Å². The Balaban J connectivity index is 1.23. The Kier molecular flexibility index (Phi) is 5.37. The van der Waals surface area contributed by atoms with Crippen molar-refractivity contribution in [1.82, 2.24) is 10.3 Å². The molecule has 1 aliphatic rings. The van der Waals surface area contributed by atoms with Crippen LogP contribution in [0.2, 0.25) is 0 Å². The van der Waals surface area contributed by atoms with Crippen LogP contribution < -0.4 is 19.5 Å². The fourth-order valence-corrected chi connectivity index (χ4v) is 3.41. The number of hydrogen-bond acceptors (Lipinski definition) is 4. The molecule has 4 rings (SSSR count). The summed E-state index contributed by atoms with van der Waals surface area (Å²) in [5.41, 5.74) is 2.28. The number of methoxy groups -OCH3 is 1. The van der Waals surface area contributed by atoms with Gasteiger partial charge in [-0.15, -0.1) is 0 Å². The third kappa shape index (κ3) is 4.06. The smallest absolute Gasteiger partial charge is 0.220 e. The molecule has 2 aromatic carbocycles. The average Bonchev–Trinajstić information content (AvgIpc) is 3.14. The molecule has 0 fully saturated rings. The van der Waals surface area contributed by atoms with Crippen LogP contribution in [0.25, 0.3) is 10.9 Å². The van der Waals surface area contributed by atoms with Gasteiger partial charge in [0.15, 0.2) is 11.5 Å². The van der Waals surface area contributed by atoms with E-state index in [1.165, 1.54) is 5.56 Å². The highest BCUT2D eigenvalue weighted by Gasteiger charge is 2.20. The molecule has 1 aromatic heterocycles. The van der Waals surface area contributed by atoms with E-state index in [1.54, 1.807) is 7.11 Å². The molecule has 2 heterocycles. The van der Waals surface area contributed by atoms with Gasteiger partial charge in [0.2, 0.25) is 5.91 Å². The molecule has 0 saturated heterocycles. The van der Waals surface area contributed by atoms with Crippen molar-refractivity contribution in [3.63, 3.8) is 0 Å². The highest BCUT2D eigenvalue weighted by Crippen LogP contribution is 2.30. The number of fused-ring (bicyclic) bond motifs is 2. The van der Waals surface area contributed by atoms with Crippen molar-refractivity contribution in [2.45, 2.75) is 25.4 Å². The summed E-state index contributed by atoms with van der Waals surface area (Å²) in [4.78, 5) is 15.5. The van der Waals surface area contributed by atoms with Crippen LogP contribution in [0.1, 0.15) is 18.4 Å². The van der Waals surface area contributed by atoms with Gasteiger partial charge in [0.05, 0.1) is 13.7 Å². The predicted octanol–water partition coefficient (Wildman–Crippen LogP) is 3.46. The number of benzene rings is 2. The predicted molar refractivity (Wildman–Crippen MR) is 107 cm³/mol. The molecule has 0 aliphatic carbocycles. The van der Waals surface area contributed by atoms with Gasteiger partial charge < -0.3 is 24.5 Å². The van der Waals surface area contributed by atoms with Crippen molar-refractivity contribution in [3.8, 4) is 17.2 Å². The van der Waals surface area contributed by atoms with Crippen molar-refractivity contribution in [3.05, 3.63) is 54.2 Å². The number of amides is 1. The van der Waals surface area contributed by atoms with E-state index in [0.29, 0.717) is 19.6 Å². The number of hydrogen-bond donors (Lipinski definition) is 2. The molecule has 28 heavy (non-hydrogen) atoms. The van der Waals surface area contributed by atoms with E-state index >= 15 is 0 Å². The van der Waals surface area contributed by atoms with Gasteiger partial charge in [0.25, 0.3) is 0 Å². The summed E-state index contributed by atoms with van der Waals surface area (Å²) in [6.45, 7) is 0.881. The normalized spacial score (nSPS) is 15.4. The fourth-order valence-electron chi connectivity index (χ4n) is 3.41. The third-order valence-corrected chi connectivity index (χ3v) is 4.92. The summed E-state index contributed by atoms with van der Waals surface area (Å²) in [5, 5.41) is 4.09. The average molecular weight is 380 g/mol. The number of para-hydroxylation sites is 2. The van der Waals surface area contributed by atoms with Gasteiger partial charge in [0.1, 0.15) is 18.5 Å². The molecular weight excluding hydrogens is 356 g/mol. The van der Waals surface area contributed by atoms with Crippen LogP contribution in [-0.4, -0.2) is 37.3 Å². The summed E-state index contributed by atoms with van der Waals surface area (Å²) in [7, 11) is 1.66. The summed E-state index contributed by atoms with van der Waals surface area (Å²) >= 11 is 0. The molecule has 2 N–H and O–H groups in total. The van der Waals surface area contributed by atoms with Gasteiger partial charge in [-0.05, 0) is 48.7 Å². The number of aromatic amines is 1. The third-order valence-electron chi connectivity index (χ3n) is 4.92. The van der Waals surface area contributed by atoms with Crippen molar-refractivity contribution >= 4 is 16.8 Å². The number of H-pyrrole nitrogens is 1. The van der Waals surface area contributed by atoms with Crippen LogP contribution in [0.15, 0.2) is 48.7 Å². The maximum atomic E-state index is 12.2. The number of ether oxygens (including phenoxy) is 3. The highest BCUT2D eigenvalue weighted by atomic mass is 16.6. The zero-order chi connectivity index (χ0) is 19.3. The molecular formula is C22H24N2O4. The number of aromatic nitrogens is 1. The van der Waals surface area contributed by atoms with Gasteiger partial charge in [0, 0.05) is 23.5 Å². The number of carbonyl (C=O) groups excluding carboxylic acids is 1. The number of aryl methyl sites for hydroxylation is 1. The maximum Gasteiger partial charge on any atom is 0.220 e. The summed E-state index contributed by atoms with van der Waals surface area (Å²) < 4.78 is 16.8. The second-order valence-corrected chi connectivity index (χ2v) is 6.88. The highest BCUT2D eigenvalue weighted by molar-refractivity contribution is 5.84. The fraction of sp³-hybridized carbons (Fsp3) is 0.318. The lowest BCUT2D eigenvalue weighted by Gasteiger charge is -2.26. The molecule has 0 saturated carbocycles. The second-order valence-electron chi connectivity index (χ2n) is 6.88. The minimum absolute atomic E-state index is 0.0277. The molecule has 0 radical (unpaired) electrons. The SMILES string of the molecule is COc1ccc2[nH]cc(CCCC(=O)NCC3COc4ccccc4O3)c2c1. The molecule has 6 heteroatoms. The van der Waals surface area contributed by atoms with Crippen LogP contribution in [0.4, 0.5) is 0 Å².